The maximum absolute atomic E-state index is 2.40. The van der Waals surface area contributed by atoms with Crippen molar-refractivity contribution < 1.29 is 0 Å². The fourth-order valence-corrected chi connectivity index (χ4v) is 2.38. The molecule has 1 rings (SSSR count). The minimum Gasteiger partial charge on any atom is -0.0613 e. The Bertz CT molecular complexity index is 296. The second kappa shape index (κ2) is 5.34. The summed E-state index contributed by atoms with van der Waals surface area (Å²) < 4.78 is 0. The summed E-state index contributed by atoms with van der Waals surface area (Å²) in [6.07, 6.45) is 3.47. The summed E-state index contributed by atoms with van der Waals surface area (Å²) in [6, 6.07) is 4.79. The standard InChI is InChI=1S/C15H24/c1-6-12-9-13(7-2)15(11(4)5)14(8-3)10-12/h9-11H,6-8H2,1-5H3. The molecule has 0 fully saturated rings. The van der Waals surface area contributed by atoms with Gasteiger partial charge in [0.2, 0.25) is 0 Å². The summed E-state index contributed by atoms with van der Waals surface area (Å²) in [5.41, 5.74) is 6.20. The van der Waals surface area contributed by atoms with E-state index in [-0.39, 0.29) is 0 Å². The van der Waals surface area contributed by atoms with Crippen LogP contribution in [-0.4, -0.2) is 0 Å². The third-order valence-electron chi connectivity index (χ3n) is 3.16. The molecule has 84 valence electrons. The zero-order valence-electron chi connectivity index (χ0n) is 10.9. The van der Waals surface area contributed by atoms with Crippen LogP contribution in [0, 0.1) is 0 Å². The quantitative estimate of drug-likeness (QED) is 0.677. The van der Waals surface area contributed by atoms with Crippen LogP contribution in [0.25, 0.3) is 0 Å². The molecule has 0 unspecified atom stereocenters. The van der Waals surface area contributed by atoms with Crippen LogP contribution < -0.4 is 0 Å². The molecule has 0 amide bonds. The van der Waals surface area contributed by atoms with Crippen molar-refractivity contribution in [1.82, 2.24) is 0 Å². The molecule has 0 atom stereocenters. The minimum absolute atomic E-state index is 0.654. The van der Waals surface area contributed by atoms with Gasteiger partial charge in [0.05, 0.1) is 0 Å². The van der Waals surface area contributed by atoms with Crippen molar-refractivity contribution >= 4 is 0 Å². The molecular formula is C15H24. The molecule has 1 aromatic rings. The van der Waals surface area contributed by atoms with Crippen LogP contribution in [0.1, 0.15) is 62.8 Å². The molecule has 15 heavy (non-hydrogen) atoms. The SMILES string of the molecule is CCc1cc(CC)c(C(C)C)c(CC)c1. The van der Waals surface area contributed by atoms with Crippen LogP contribution >= 0.6 is 0 Å². The molecule has 0 aromatic heterocycles. The topological polar surface area (TPSA) is 0 Å². The highest BCUT2D eigenvalue weighted by molar-refractivity contribution is 5.41. The third-order valence-corrected chi connectivity index (χ3v) is 3.16. The highest BCUT2D eigenvalue weighted by Gasteiger charge is 2.11. The average molecular weight is 204 g/mol. The van der Waals surface area contributed by atoms with Crippen LogP contribution in [-0.2, 0) is 19.3 Å². The van der Waals surface area contributed by atoms with Gasteiger partial charge in [-0.3, -0.25) is 0 Å². The van der Waals surface area contributed by atoms with Crippen molar-refractivity contribution in [3.8, 4) is 0 Å². The maximum Gasteiger partial charge on any atom is -0.0213 e. The zero-order chi connectivity index (χ0) is 11.4. The van der Waals surface area contributed by atoms with Gasteiger partial charge in [0.25, 0.3) is 0 Å². The van der Waals surface area contributed by atoms with Crippen LogP contribution in [0.4, 0.5) is 0 Å². The third kappa shape index (κ3) is 2.62. The average Bonchev–Trinajstić information content (AvgIpc) is 2.26. The molecule has 0 saturated heterocycles. The van der Waals surface area contributed by atoms with E-state index in [0.29, 0.717) is 5.92 Å². The van der Waals surface area contributed by atoms with Gasteiger partial charge >= 0.3 is 0 Å². The Kier molecular flexibility index (Phi) is 4.38. The summed E-state index contributed by atoms with van der Waals surface area (Å²) in [6.45, 7) is 11.4. The van der Waals surface area contributed by atoms with Crippen molar-refractivity contribution in [2.75, 3.05) is 0 Å². The second-order valence-corrected chi connectivity index (χ2v) is 4.54. The molecule has 0 N–H and O–H groups in total. The van der Waals surface area contributed by atoms with Crippen molar-refractivity contribution in [3.05, 3.63) is 34.4 Å². The minimum atomic E-state index is 0.654. The number of rotatable bonds is 4. The van der Waals surface area contributed by atoms with Gasteiger partial charge in [-0.1, -0.05) is 46.8 Å². The fraction of sp³-hybridized carbons (Fsp3) is 0.600. The van der Waals surface area contributed by atoms with Crippen molar-refractivity contribution in [3.63, 3.8) is 0 Å². The summed E-state index contributed by atoms with van der Waals surface area (Å²) in [5.74, 6) is 0.654. The Balaban J connectivity index is 3.32. The van der Waals surface area contributed by atoms with Crippen molar-refractivity contribution in [2.45, 2.75) is 59.8 Å². The summed E-state index contributed by atoms with van der Waals surface area (Å²) in [4.78, 5) is 0. The van der Waals surface area contributed by atoms with Gasteiger partial charge in [-0.15, -0.1) is 0 Å². The zero-order valence-corrected chi connectivity index (χ0v) is 10.9. The highest BCUT2D eigenvalue weighted by atomic mass is 14.2. The van der Waals surface area contributed by atoms with Crippen LogP contribution in [0.15, 0.2) is 12.1 Å². The van der Waals surface area contributed by atoms with Crippen molar-refractivity contribution in [1.29, 1.82) is 0 Å². The molecule has 0 heterocycles. The van der Waals surface area contributed by atoms with E-state index in [2.05, 4.69) is 46.8 Å². The molecule has 0 aliphatic rings. The first kappa shape index (κ1) is 12.3. The van der Waals surface area contributed by atoms with Crippen molar-refractivity contribution in [2.24, 2.45) is 0 Å². The van der Waals surface area contributed by atoms with E-state index in [1.54, 1.807) is 16.7 Å². The number of hydrogen-bond donors (Lipinski definition) is 0. The molecule has 0 saturated carbocycles. The lowest BCUT2D eigenvalue weighted by atomic mass is 9.87. The summed E-state index contributed by atoms with van der Waals surface area (Å²) in [7, 11) is 0. The lowest BCUT2D eigenvalue weighted by Crippen LogP contribution is -2.03. The molecule has 0 heteroatoms. The molecule has 0 bridgehead atoms. The van der Waals surface area contributed by atoms with E-state index in [9.17, 15) is 0 Å². The van der Waals surface area contributed by atoms with Gasteiger partial charge in [-0.2, -0.15) is 0 Å². The monoisotopic (exact) mass is 204 g/mol. The van der Waals surface area contributed by atoms with Gasteiger partial charge in [0.15, 0.2) is 0 Å². The molecule has 1 aromatic carbocycles. The molecule has 0 spiro atoms. The smallest absolute Gasteiger partial charge is 0.0213 e. The molecular weight excluding hydrogens is 180 g/mol. The first-order valence-electron chi connectivity index (χ1n) is 6.28. The second-order valence-electron chi connectivity index (χ2n) is 4.54. The Labute approximate surface area is 94.7 Å². The predicted molar refractivity (Wildman–Crippen MR) is 68.7 cm³/mol. The molecule has 0 aliphatic carbocycles. The Hall–Kier alpha value is -0.780. The lowest BCUT2D eigenvalue weighted by molar-refractivity contribution is 0.819. The summed E-state index contributed by atoms with van der Waals surface area (Å²) in [5, 5.41) is 0. The number of hydrogen-bond acceptors (Lipinski definition) is 0. The largest absolute Gasteiger partial charge is 0.0613 e. The van der Waals surface area contributed by atoms with Gasteiger partial charge in [0, 0.05) is 0 Å². The lowest BCUT2D eigenvalue weighted by Gasteiger charge is -2.18. The van der Waals surface area contributed by atoms with Gasteiger partial charge in [-0.05, 0) is 47.4 Å². The summed E-state index contributed by atoms with van der Waals surface area (Å²) >= 11 is 0. The van der Waals surface area contributed by atoms with Gasteiger partial charge < -0.3 is 0 Å². The van der Waals surface area contributed by atoms with E-state index < -0.39 is 0 Å². The molecule has 0 radical (unpaired) electrons. The fourth-order valence-electron chi connectivity index (χ4n) is 2.38. The van der Waals surface area contributed by atoms with E-state index in [4.69, 9.17) is 0 Å². The molecule has 0 nitrogen and oxygen atoms in total. The van der Waals surface area contributed by atoms with E-state index >= 15 is 0 Å². The van der Waals surface area contributed by atoms with Crippen LogP contribution in [0.3, 0.4) is 0 Å². The van der Waals surface area contributed by atoms with E-state index in [1.165, 1.54) is 5.56 Å². The number of aryl methyl sites for hydroxylation is 3. The highest BCUT2D eigenvalue weighted by Crippen LogP contribution is 2.26. The maximum atomic E-state index is 2.40. The predicted octanol–water partition coefficient (Wildman–Crippen LogP) is 4.50. The van der Waals surface area contributed by atoms with E-state index in [1.807, 2.05) is 0 Å². The Morgan fingerprint density at radius 2 is 1.33 bits per heavy atom. The first-order valence-corrected chi connectivity index (χ1v) is 6.28. The normalized spacial score (nSPS) is 11.1. The molecule has 0 aliphatic heterocycles. The Morgan fingerprint density at radius 3 is 1.60 bits per heavy atom. The van der Waals surface area contributed by atoms with Gasteiger partial charge in [0.1, 0.15) is 0 Å². The number of benzene rings is 1. The first-order chi connectivity index (χ1) is 7.13. The van der Waals surface area contributed by atoms with Crippen LogP contribution in [0.5, 0.6) is 0 Å². The van der Waals surface area contributed by atoms with Gasteiger partial charge in [-0.25, -0.2) is 0 Å². The van der Waals surface area contributed by atoms with E-state index in [0.717, 1.165) is 19.3 Å². The van der Waals surface area contributed by atoms with Crippen LogP contribution in [0.2, 0.25) is 0 Å². The Morgan fingerprint density at radius 1 is 0.867 bits per heavy atom.